The number of carbonyl (C=O) groups excluding carboxylic acids is 1. The zero-order valence-corrected chi connectivity index (χ0v) is 12.3. The van der Waals surface area contributed by atoms with Gasteiger partial charge in [0.25, 0.3) is 0 Å². The van der Waals surface area contributed by atoms with Crippen molar-refractivity contribution in [1.29, 1.82) is 0 Å². The van der Waals surface area contributed by atoms with Gasteiger partial charge in [-0.2, -0.15) is 11.8 Å². The van der Waals surface area contributed by atoms with Crippen molar-refractivity contribution in [3.8, 4) is 5.75 Å². The first kappa shape index (κ1) is 14.3. The molecule has 0 bridgehead atoms. The molecule has 0 heterocycles. The van der Waals surface area contributed by atoms with Crippen LogP contribution in [0, 0.1) is 0 Å². The lowest BCUT2D eigenvalue weighted by Crippen LogP contribution is -2.10. The molecular formula is C15H20O3S. The van der Waals surface area contributed by atoms with E-state index in [1.807, 2.05) is 17.8 Å². The summed E-state index contributed by atoms with van der Waals surface area (Å²) in [6, 6.07) is 6.27. The van der Waals surface area contributed by atoms with Gasteiger partial charge in [0.05, 0.1) is 20.6 Å². The van der Waals surface area contributed by atoms with Crippen molar-refractivity contribution >= 4 is 17.7 Å². The number of thioether (sulfide) groups is 1. The number of hydrogen-bond donors (Lipinski definition) is 0. The predicted molar refractivity (Wildman–Crippen MR) is 77.8 cm³/mol. The van der Waals surface area contributed by atoms with E-state index in [2.05, 4.69) is 16.9 Å². The third-order valence-corrected chi connectivity index (χ3v) is 4.81. The molecule has 0 aliphatic heterocycles. The fraction of sp³-hybridized carbons (Fsp3) is 0.533. The SMILES string of the molecule is COC(=O)CCSC1CCCc2c(OC)cccc21. The molecule has 0 radical (unpaired) electrons. The van der Waals surface area contributed by atoms with Crippen LogP contribution >= 0.6 is 11.8 Å². The Bertz CT molecular complexity index is 445. The molecule has 2 rings (SSSR count). The molecule has 0 saturated heterocycles. The number of ether oxygens (including phenoxy) is 2. The van der Waals surface area contributed by atoms with E-state index in [9.17, 15) is 4.79 Å². The molecule has 4 heteroatoms. The minimum Gasteiger partial charge on any atom is -0.496 e. The summed E-state index contributed by atoms with van der Waals surface area (Å²) in [5, 5.41) is 0.475. The van der Waals surface area contributed by atoms with Crippen LogP contribution in [0.25, 0.3) is 0 Å². The summed E-state index contributed by atoms with van der Waals surface area (Å²) in [4.78, 5) is 11.1. The van der Waals surface area contributed by atoms with Crippen molar-refractivity contribution in [2.24, 2.45) is 0 Å². The van der Waals surface area contributed by atoms with Crippen LogP contribution < -0.4 is 4.74 Å². The normalized spacial score (nSPS) is 17.7. The Labute approximate surface area is 118 Å². The van der Waals surface area contributed by atoms with Gasteiger partial charge in [-0.1, -0.05) is 12.1 Å². The highest BCUT2D eigenvalue weighted by Crippen LogP contribution is 2.42. The Hall–Kier alpha value is -1.16. The molecule has 19 heavy (non-hydrogen) atoms. The van der Waals surface area contributed by atoms with E-state index in [0.29, 0.717) is 11.7 Å². The zero-order valence-electron chi connectivity index (χ0n) is 11.5. The smallest absolute Gasteiger partial charge is 0.306 e. The molecule has 1 aliphatic rings. The van der Waals surface area contributed by atoms with Crippen LogP contribution in [0.1, 0.15) is 35.6 Å². The molecule has 1 unspecified atom stereocenters. The van der Waals surface area contributed by atoms with Crippen molar-refractivity contribution in [3.63, 3.8) is 0 Å². The average molecular weight is 280 g/mol. The summed E-state index contributed by atoms with van der Waals surface area (Å²) in [6.07, 6.45) is 3.93. The van der Waals surface area contributed by atoms with E-state index in [1.54, 1.807) is 7.11 Å². The predicted octanol–water partition coefficient (Wildman–Crippen LogP) is 3.37. The first-order chi connectivity index (χ1) is 9.26. The molecule has 0 aromatic heterocycles. The Kier molecular flexibility index (Phi) is 5.14. The van der Waals surface area contributed by atoms with Gasteiger partial charge in [0.2, 0.25) is 0 Å². The molecule has 1 aliphatic carbocycles. The van der Waals surface area contributed by atoms with E-state index in [-0.39, 0.29) is 5.97 Å². The molecule has 0 spiro atoms. The zero-order chi connectivity index (χ0) is 13.7. The minimum absolute atomic E-state index is 0.130. The number of rotatable bonds is 5. The van der Waals surface area contributed by atoms with E-state index in [1.165, 1.54) is 31.1 Å². The molecule has 0 amide bonds. The Morgan fingerprint density at radius 3 is 3.00 bits per heavy atom. The number of fused-ring (bicyclic) bond motifs is 1. The molecule has 0 saturated carbocycles. The molecule has 104 valence electrons. The number of methoxy groups -OCH3 is 2. The van der Waals surface area contributed by atoms with Crippen LogP contribution in [0.15, 0.2) is 18.2 Å². The lowest BCUT2D eigenvalue weighted by molar-refractivity contribution is -0.140. The first-order valence-corrected chi connectivity index (χ1v) is 7.65. The highest BCUT2D eigenvalue weighted by Gasteiger charge is 2.23. The summed E-state index contributed by atoms with van der Waals surface area (Å²) in [5.74, 6) is 1.68. The van der Waals surface area contributed by atoms with Crippen LogP contribution in [-0.4, -0.2) is 25.9 Å². The number of benzene rings is 1. The van der Waals surface area contributed by atoms with Crippen molar-refractivity contribution in [2.45, 2.75) is 30.9 Å². The average Bonchev–Trinajstić information content (AvgIpc) is 2.46. The first-order valence-electron chi connectivity index (χ1n) is 6.60. The monoisotopic (exact) mass is 280 g/mol. The highest BCUT2D eigenvalue weighted by molar-refractivity contribution is 7.99. The van der Waals surface area contributed by atoms with Crippen LogP contribution in [0.3, 0.4) is 0 Å². The van der Waals surface area contributed by atoms with Crippen LogP contribution in [0.5, 0.6) is 5.75 Å². The van der Waals surface area contributed by atoms with Crippen molar-refractivity contribution in [3.05, 3.63) is 29.3 Å². The maximum Gasteiger partial charge on any atom is 0.306 e. The summed E-state index contributed by atoms with van der Waals surface area (Å²) in [7, 11) is 3.16. The van der Waals surface area contributed by atoms with Gasteiger partial charge in [0.15, 0.2) is 0 Å². The number of hydrogen-bond acceptors (Lipinski definition) is 4. The molecular weight excluding hydrogens is 260 g/mol. The van der Waals surface area contributed by atoms with E-state index in [4.69, 9.17) is 4.74 Å². The number of esters is 1. The molecule has 1 atom stereocenters. The number of carbonyl (C=O) groups is 1. The summed E-state index contributed by atoms with van der Waals surface area (Å²) in [6.45, 7) is 0. The Balaban J connectivity index is 2.03. The molecule has 1 aromatic rings. The van der Waals surface area contributed by atoms with E-state index < -0.39 is 0 Å². The Morgan fingerprint density at radius 1 is 1.42 bits per heavy atom. The van der Waals surface area contributed by atoms with Gasteiger partial charge < -0.3 is 9.47 Å². The second kappa shape index (κ2) is 6.85. The molecule has 0 fully saturated rings. The van der Waals surface area contributed by atoms with Gasteiger partial charge >= 0.3 is 5.97 Å². The van der Waals surface area contributed by atoms with E-state index in [0.717, 1.165) is 17.9 Å². The van der Waals surface area contributed by atoms with E-state index >= 15 is 0 Å². The van der Waals surface area contributed by atoms with Gasteiger partial charge in [0, 0.05) is 11.0 Å². The van der Waals surface area contributed by atoms with Gasteiger partial charge in [-0.05, 0) is 36.5 Å². The van der Waals surface area contributed by atoms with Crippen molar-refractivity contribution < 1.29 is 14.3 Å². The third-order valence-electron chi connectivity index (χ3n) is 3.48. The van der Waals surface area contributed by atoms with Gasteiger partial charge in [-0.15, -0.1) is 0 Å². The molecule has 1 aromatic carbocycles. The maximum absolute atomic E-state index is 11.1. The highest BCUT2D eigenvalue weighted by atomic mass is 32.2. The van der Waals surface area contributed by atoms with Crippen molar-refractivity contribution in [1.82, 2.24) is 0 Å². The van der Waals surface area contributed by atoms with Gasteiger partial charge in [-0.3, -0.25) is 4.79 Å². The largest absolute Gasteiger partial charge is 0.496 e. The second-order valence-electron chi connectivity index (χ2n) is 4.61. The summed E-state index contributed by atoms with van der Waals surface area (Å²) < 4.78 is 10.1. The third kappa shape index (κ3) is 3.44. The lowest BCUT2D eigenvalue weighted by atomic mass is 9.90. The summed E-state index contributed by atoms with van der Waals surface area (Å²) >= 11 is 1.85. The Morgan fingerprint density at radius 2 is 2.26 bits per heavy atom. The fourth-order valence-corrected chi connectivity index (χ4v) is 3.83. The molecule has 0 N–H and O–H groups in total. The maximum atomic E-state index is 11.1. The fourth-order valence-electron chi connectivity index (χ4n) is 2.52. The van der Waals surface area contributed by atoms with Gasteiger partial charge in [0.1, 0.15) is 5.75 Å². The van der Waals surface area contributed by atoms with Crippen LogP contribution in [0.2, 0.25) is 0 Å². The topological polar surface area (TPSA) is 35.5 Å². The van der Waals surface area contributed by atoms with Gasteiger partial charge in [-0.25, -0.2) is 0 Å². The quantitative estimate of drug-likeness (QED) is 0.775. The second-order valence-corrected chi connectivity index (χ2v) is 5.92. The lowest BCUT2D eigenvalue weighted by Gasteiger charge is -2.26. The standard InChI is InChI=1S/C15H20O3S/c1-17-13-7-3-6-12-11(13)5-4-8-14(12)19-10-9-15(16)18-2/h3,6-7,14H,4-5,8-10H2,1-2H3. The minimum atomic E-state index is -0.130. The molecule has 3 nitrogen and oxygen atoms in total. The van der Waals surface area contributed by atoms with Crippen molar-refractivity contribution in [2.75, 3.05) is 20.0 Å². The summed E-state index contributed by atoms with van der Waals surface area (Å²) in [5.41, 5.74) is 2.72. The van der Waals surface area contributed by atoms with Crippen LogP contribution in [-0.2, 0) is 16.0 Å². The van der Waals surface area contributed by atoms with Crippen LogP contribution in [0.4, 0.5) is 0 Å².